The second-order valence-electron chi connectivity index (χ2n) is 4.50. The van der Waals surface area contributed by atoms with Gasteiger partial charge in [0.2, 0.25) is 0 Å². The van der Waals surface area contributed by atoms with Gasteiger partial charge in [0.1, 0.15) is 6.33 Å². The normalized spacial score (nSPS) is 14.5. The molecule has 1 aliphatic rings. The van der Waals surface area contributed by atoms with Gasteiger partial charge < -0.3 is 4.90 Å². The van der Waals surface area contributed by atoms with Crippen LogP contribution in [-0.2, 0) is 6.42 Å². The number of hydrogen-bond acceptors (Lipinski definition) is 3. The van der Waals surface area contributed by atoms with Gasteiger partial charge in [-0.2, -0.15) is 0 Å². The number of aromatic nitrogens is 2. The van der Waals surface area contributed by atoms with Crippen LogP contribution in [0.3, 0.4) is 0 Å². The van der Waals surface area contributed by atoms with Crippen LogP contribution in [0.2, 0.25) is 0 Å². The van der Waals surface area contributed by atoms with E-state index in [2.05, 4.69) is 40.1 Å². The highest BCUT2D eigenvalue weighted by molar-refractivity contribution is 5.68. The second kappa shape index (κ2) is 4.17. The summed E-state index contributed by atoms with van der Waals surface area (Å²) in [6, 6.07) is 6.62. The standard InChI is InChI=1S/C14H15N3/c1-17-6-2-3-12-7-11(4-5-14(12)17)13-8-15-10-16-9-13/h4-5,7-10H,2-3,6H2,1H3. The summed E-state index contributed by atoms with van der Waals surface area (Å²) in [4.78, 5) is 10.5. The summed E-state index contributed by atoms with van der Waals surface area (Å²) in [5.74, 6) is 0. The molecule has 0 radical (unpaired) electrons. The summed E-state index contributed by atoms with van der Waals surface area (Å²) in [5, 5.41) is 0. The quantitative estimate of drug-likeness (QED) is 0.746. The molecule has 0 amide bonds. The van der Waals surface area contributed by atoms with Crippen molar-refractivity contribution >= 4 is 5.69 Å². The predicted molar refractivity (Wildman–Crippen MR) is 69.1 cm³/mol. The molecule has 0 spiro atoms. The van der Waals surface area contributed by atoms with Crippen molar-refractivity contribution in [3.8, 4) is 11.1 Å². The van der Waals surface area contributed by atoms with Gasteiger partial charge in [0, 0.05) is 37.2 Å². The van der Waals surface area contributed by atoms with E-state index in [1.807, 2.05) is 12.4 Å². The van der Waals surface area contributed by atoms with E-state index < -0.39 is 0 Å². The lowest BCUT2D eigenvalue weighted by Gasteiger charge is -2.27. The molecule has 3 nitrogen and oxygen atoms in total. The molecule has 86 valence electrons. The highest BCUT2D eigenvalue weighted by Gasteiger charge is 2.13. The van der Waals surface area contributed by atoms with Crippen LogP contribution in [0.4, 0.5) is 5.69 Å². The fourth-order valence-corrected chi connectivity index (χ4v) is 2.41. The highest BCUT2D eigenvalue weighted by Crippen LogP contribution is 2.30. The van der Waals surface area contributed by atoms with Crippen molar-refractivity contribution in [2.24, 2.45) is 0 Å². The number of hydrogen-bond donors (Lipinski definition) is 0. The van der Waals surface area contributed by atoms with Crippen molar-refractivity contribution in [2.45, 2.75) is 12.8 Å². The monoisotopic (exact) mass is 225 g/mol. The molecule has 1 aromatic heterocycles. The molecule has 0 atom stereocenters. The van der Waals surface area contributed by atoms with Crippen LogP contribution >= 0.6 is 0 Å². The molecule has 1 aliphatic heterocycles. The van der Waals surface area contributed by atoms with E-state index in [0.29, 0.717) is 0 Å². The van der Waals surface area contributed by atoms with Crippen molar-refractivity contribution in [1.29, 1.82) is 0 Å². The first-order chi connectivity index (χ1) is 8.34. The molecule has 17 heavy (non-hydrogen) atoms. The number of anilines is 1. The first-order valence-corrected chi connectivity index (χ1v) is 5.94. The molecule has 2 heterocycles. The Labute approximate surface area is 101 Å². The van der Waals surface area contributed by atoms with Gasteiger partial charge in [-0.25, -0.2) is 9.97 Å². The molecular weight excluding hydrogens is 210 g/mol. The first kappa shape index (κ1) is 10.3. The zero-order chi connectivity index (χ0) is 11.7. The molecule has 0 unspecified atom stereocenters. The molecule has 0 N–H and O–H groups in total. The van der Waals surface area contributed by atoms with Crippen molar-refractivity contribution in [1.82, 2.24) is 9.97 Å². The predicted octanol–water partition coefficient (Wildman–Crippen LogP) is 2.53. The summed E-state index contributed by atoms with van der Waals surface area (Å²) in [6.45, 7) is 1.15. The van der Waals surface area contributed by atoms with Crippen molar-refractivity contribution in [3.05, 3.63) is 42.5 Å². The minimum Gasteiger partial charge on any atom is -0.374 e. The maximum Gasteiger partial charge on any atom is 0.115 e. The van der Waals surface area contributed by atoms with Gasteiger partial charge in [-0.15, -0.1) is 0 Å². The van der Waals surface area contributed by atoms with Crippen LogP contribution < -0.4 is 4.90 Å². The van der Waals surface area contributed by atoms with Crippen LogP contribution in [0.5, 0.6) is 0 Å². The summed E-state index contributed by atoms with van der Waals surface area (Å²) in [7, 11) is 2.16. The summed E-state index contributed by atoms with van der Waals surface area (Å²) in [6.07, 6.45) is 7.69. The van der Waals surface area contributed by atoms with Gasteiger partial charge in [0.05, 0.1) is 0 Å². The van der Waals surface area contributed by atoms with Crippen molar-refractivity contribution in [3.63, 3.8) is 0 Å². The fraction of sp³-hybridized carbons (Fsp3) is 0.286. The molecule has 1 aromatic carbocycles. The number of benzene rings is 1. The van der Waals surface area contributed by atoms with Crippen LogP contribution in [0.15, 0.2) is 36.9 Å². The van der Waals surface area contributed by atoms with Crippen molar-refractivity contribution < 1.29 is 0 Å². The summed E-state index contributed by atoms with van der Waals surface area (Å²) < 4.78 is 0. The van der Waals surface area contributed by atoms with Gasteiger partial charge in [-0.1, -0.05) is 6.07 Å². The van der Waals surface area contributed by atoms with Crippen LogP contribution in [0, 0.1) is 0 Å². The summed E-state index contributed by atoms with van der Waals surface area (Å²) in [5.41, 5.74) is 5.08. The Bertz CT molecular complexity index is 522. The van der Waals surface area contributed by atoms with E-state index in [-0.39, 0.29) is 0 Å². The number of nitrogens with zero attached hydrogens (tertiary/aromatic N) is 3. The Morgan fingerprint density at radius 3 is 2.76 bits per heavy atom. The largest absolute Gasteiger partial charge is 0.374 e. The third kappa shape index (κ3) is 1.88. The molecule has 0 aliphatic carbocycles. The maximum absolute atomic E-state index is 4.07. The average molecular weight is 225 g/mol. The summed E-state index contributed by atoms with van der Waals surface area (Å²) >= 11 is 0. The zero-order valence-electron chi connectivity index (χ0n) is 9.93. The molecule has 3 heteroatoms. The average Bonchev–Trinajstić information content (AvgIpc) is 2.40. The van der Waals surface area contributed by atoms with E-state index >= 15 is 0 Å². The minimum absolute atomic E-state index is 1.09. The van der Waals surface area contributed by atoms with Gasteiger partial charge in [-0.05, 0) is 36.1 Å². The molecule has 2 aromatic rings. The van der Waals surface area contributed by atoms with Gasteiger partial charge in [-0.3, -0.25) is 0 Å². The lowest BCUT2D eigenvalue weighted by molar-refractivity contribution is 0.745. The second-order valence-corrected chi connectivity index (χ2v) is 4.50. The molecule has 0 saturated heterocycles. The molecule has 0 bridgehead atoms. The Hall–Kier alpha value is -1.90. The zero-order valence-corrected chi connectivity index (χ0v) is 9.93. The molecule has 0 fully saturated rings. The van der Waals surface area contributed by atoms with Gasteiger partial charge in [0.25, 0.3) is 0 Å². The Morgan fingerprint density at radius 2 is 1.94 bits per heavy atom. The minimum atomic E-state index is 1.09. The lowest BCUT2D eigenvalue weighted by atomic mass is 9.97. The number of fused-ring (bicyclic) bond motifs is 1. The van der Waals surface area contributed by atoms with Crippen LogP contribution in [0.1, 0.15) is 12.0 Å². The molecule has 0 saturated carbocycles. The van der Waals surface area contributed by atoms with Gasteiger partial charge in [0.15, 0.2) is 0 Å². The van der Waals surface area contributed by atoms with E-state index in [9.17, 15) is 0 Å². The third-order valence-electron chi connectivity index (χ3n) is 3.32. The Kier molecular flexibility index (Phi) is 2.52. The maximum atomic E-state index is 4.07. The fourth-order valence-electron chi connectivity index (χ4n) is 2.41. The van der Waals surface area contributed by atoms with Crippen molar-refractivity contribution in [2.75, 3.05) is 18.5 Å². The van der Waals surface area contributed by atoms with E-state index in [4.69, 9.17) is 0 Å². The van der Waals surface area contributed by atoms with Crippen LogP contribution in [0.25, 0.3) is 11.1 Å². The third-order valence-corrected chi connectivity index (χ3v) is 3.32. The van der Waals surface area contributed by atoms with E-state index in [1.54, 1.807) is 6.33 Å². The number of rotatable bonds is 1. The SMILES string of the molecule is CN1CCCc2cc(-c3cncnc3)ccc21. The van der Waals surface area contributed by atoms with E-state index in [0.717, 1.165) is 12.1 Å². The molecule has 3 rings (SSSR count). The lowest BCUT2D eigenvalue weighted by Crippen LogP contribution is -2.24. The smallest absolute Gasteiger partial charge is 0.115 e. The number of aryl methyl sites for hydroxylation is 1. The molecular formula is C14H15N3. The Morgan fingerprint density at radius 1 is 1.12 bits per heavy atom. The highest BCUT2D eigenvalue weighted by atomic mass is 15.1. The first-order valence-electron chi connectivity index (χ1n) is 5.94. The van der Waals surface area contributed by atoms with Crippen LogP contribution in [-0.4, -0.2) is 23.6 Å². The Balaban J connectivity index is 2.04. The topological polar surface area (TPSA) is 29.0 Å². The van der Waals surface area contributed by atoms with E-state index in [1.165, 1.54) is 29.7 Å². The van der Waals surface area contributed by atoms with Gasteiger partial charge >= 0.3 is 0 Å².